The predicted octanol–water partition coefficient (Wildman–Crippen LogP) is 4.76. The number of halogens is 1. The molecule has 1 aromatic carbocycles. The molecule has 0 fully saturated rings. The summed E-state index contributed by atoms with van der Waals surface area (Å²) in [6.07, 6.45) is 0. The maximum atomic E-state index is 13.6. The molecule has 4 nitrogen and oxygen atoms in total. The van der Waals surface area contributed by atoms with Gasteiger partial charge in [0, 0.05) is 10.3 Å². The SMILES string of the molecule is Cc1cc(C(=O)Nc2sccc2C(=O)Nc2ccccc2F)cs1. The molecule has 24 heavy (non-hydrogen) atoms. The fraction of sp³-hybridized carbons (Fsp3) is 0.0588. The van der Waals surface area contributed by atoms with Crippen LogP contribution in [-0.4, -0.2) is 11.8 Å². The molecule has 0 aliphatic rings. The van der Waals surface area contributed by atoms with Crippen molar-refractivity contribution >= 4 is 45.2 Å². The minimum absolute atomic E-state index is 0.0967. The van der Waals surface area contributed by atoms with Crippen molar-refractivity contribution in [3.63, 3.8) is 0 Å². The second-order valence-electron chi connectivity index (χ2n) is 5.00. The van der Waals surface area contributed by atoms with E-state index in [9.17, 15) is 14.0 Å². The third-order valence-corrected chi connectivity index (χ3v) is 4.94. The summed E-state index contributed by atoms with van der Waals surface area (Å²) in [6, 6.07) is 9.30. The van der Waals surface area contributed by atoms with Gasteiger partial charge >= 0.3 is 0 Å². The van der Waals surface area contributed by atoms with Gasteiger partial charge in [-0.3, -0.25) is 9.59 Å². The zero-order chi connectivity index (χ0) is 17.1. The molecule has 0 atom stereocenters. The monoisotopic (exact) mass is 360 g/mol. The van der Waals surface area contributed by atoms with Gasteiger partial charge in [0.1, 0.15) is 10.8 Å². The summed E-state index contributed by atoms with van der Waals surface area (Å²) < 4.78 is 13.6. The lowest BCUT2D eigenvalue weighted by Crippen LogP contribution is -2.16. The van der Waals surface area contributed by atoms with Crippen molar-refractivity contribution in [1.29, 1.82) is 0 Å². The number of anilines is 2. The summed E-state index contributed by atoms with van der Waals surface area (Å²) in [5, 5.41) is 9.14. The summed E-state index contributed by atoms with van der Waals surface area (Å²) in [4.78, 5) is 25.6. The summed E-state index contributed by atoms with van der Waals surface area (Å²) in [7, 11) is 0. The Labute approximate surface area is 146 Å². The second kappa shape index (κ2) is 6.94. The van der Waals surface area contributed by atoms with Gasteiger partial charge < -0.3 is 10.6 Å². The average Bonchev–Trinajstić information content (AvgIpc) is 3.18. The third kappa shape index (κ3) is 3.52. The smallest absolute Gasteiger partial charge is 0.258 e. The van der Waals surface area contributed by atoms with Gasteiger partial charge in [0.15, 0.2) is 0 Å². The molecule has 0 saturated carbocycles. The van der Waals surface area contributed by atoms with E-state index < -0.39 is 11.7 Å². The molecule has 3 aromatic rings. The van der Waals surface area contributed by atoms with Crippen LogP contribution in [0.15, 0.2) is 47.2 Å². The normalized spacial score (nSPS) is 10.4. The Hall–Kier alpha value is -2.51. The molecular formula is C17H13FN2O2S2. The Kier molecular flexibility index (Phi) is 4.73. The van der Waals surface area contributed by atoms with Crippen LogP contribution < -0.4 is 10.6 Å². The zero-order valence-electron chi connectivity index (χ0n) is 12.6. The summed E-state index contributed by atoms with van der Waals surface area (Å²) in [6.45, 7) is 1.92. The number of benzene rings is 1. The van der Waals surface area contributed by atoms with Crippen molar-refractivity contribution in [2.24, 2.45) is 0 Å². The summed E-state index contributed by atoms with van der Waals surface area (Å²) in [5.41, 5.74) is 0.939. The Morgan fingerprint density at radius 2 is 1.83 bits per heavy atom. The number of carbonyl (C=O) groups is 2. The molecule has 2 aromatic heterocycles. The van der Waals surface area contributed by atoms with E-state index in [0.29, 0.717) is 16.1 Å². The van der Waals surface area contributed by atoms with Gasteiger partial charge in [-0.05, 0) is 36.6 Å². The van der Waals surface area contributed by atoms with E-state index in [4.69, 9.17) is 0 Å². The molecule has 3 rings (SSSR count). The Balaban J connectivity index is 1.76. The van der Waals surface area contributed by atoms with Gasteiger partial charge in [0.05, 0.1) is 16.8 Å². The molecule has 0 spiro atoms. The lowest BCUT2D eigenvalue weighted by atomic mass is 10.2. The molecule has 0 aliphatic heterocycles. The van der Waals surface area contributed by atoms with E-state index in [1.807, 2.05) is 6.92 Å². The average molecular weight is 360 g/mol. The van der Waals surface area contributed by atoms with E-state index in [2.05, 4.69) is 10.6 Å². The molecule has 2 amide bonds. The highest BCUT2D eigenvalue weighted by molar-refractivity contribution is 7.14. The molecule has 0 radical (unpaired) electrons. The minimum Gasteiger partial charge on any atom is -0.319 e. The van der Waals surface area contributed by atoms with Crippen LogP contribution in [0.2, 0.25) is 0 Å². The number of rotatable bonds is 4. The first-order chi connectivity index (χ1) is 11.5. The van der Waals surface area contributed by atoms with Gasteiger partial charge in [-0.1, -0.05) is 12.1 Å². The number of hydrogen-bond acceptors (Lipinski definition) is 4. The van der Waals surface area contributed by atoms with Crippen LogP contribution in [-0.2, 0) is 0 Å². The van der Waals surface area contributed by atoms with Crippen molar-refractivity contribution in [2.45, 2.75) is 6.92 Å². The number of nitrogens with one attached hydrogen (secondary N) is 2. The van der Waals surface area contributed by atoms with E-state index >= 15 is 0 Å². The van der Waals surface area contributed by atoms with Crippen LogP contribution in [0.3, 0.4) is 0 Å². The number of para-hydroxylation sites is 1. The first kappa shape index (κ1) is 16.4. The van der Waals surface area contributed by atoms with Crippen LogP contribution in [0.4, 0.5) is 15.1 Å². The van der Waals surface area contributed by atoms with Crippen molar-refractivity contribution in [3.05, 3.63) is 69.0 Å². The fourth-order valence-corrected chi connectivity index (χ4v) is 3.54. The van der Waals surface area contributed by atoms with E-state index in [-0.39, 0.29) is 11.6 Å². The first-order valence-corrected chi connectivity index (χ1v) is 8.80. The van der Waals surface area contributed by atoms with Crippen LogP contribution in [0.25, 0.3) is 0 Å². The van der Waals surface area contributed by atoms with E-state index in [0.717, 1.165) is 4.88 Å². The Bertz CT molecular complexity index is 901. The maximum absolute atomic E-state index is 13.6. The molecule has 0 bridgehead atoms. The quantitative estimate of drug-likeness (QED) is 0.705. The van der Waals surface area contributed by atoms with E-state index in [1.165, 1.54) is 34.8 Å². The Morgan fingerprint density at radius 1 is 1.04 bits per heavy atom. The molecule has 2 heterocycles. The molecule has 0 saturated heterocycles. The third-order valence-electron chi connectivity index (χ3n) is 3.25. The van der Waals surface area contributed by atoms with Gasteiger partial charge in [-0.15, -0.1) is 22.7 Å². The highest BCUT2D eigenvalue weighted by Crippen LogP contribution is 2.26. The minimum atomic E-state index is -0.514. The topological polar surface area (TPSA) is 58.2 Å². The molecular weight excluding hydrogens is 347 g/mol. The lowest BCUT2D eigenvalue weighted by Gasteiger charge is -2.08. The van der Waals surface area contributed by atoms with Crippen LogP contribution in [0, 0.1) is 12.7 Å². The number of amides is 2. The van der Waals surface area contributed by atoms with Gasteiger partial charge in [-0.25, -0.2) is 4.39 Å². The standard InChI is InChI=1S/C17H13FN2O2S2/c1-10-8-11(9-24-10)15(21)20-17-12(6-7-23-17)16(22)19-14-5-3-2-4-13(14)18/h2-9H,1H3,(H,19,22)(H,20,21). The van der Waals surface area contributed by atoms with Gasteiger partial charge in [0.25, 0.3) is 11.8 Å². The van der Waals surface area contributed by atoms with Gasteiger partial charge in [0.2, 0.25) is 0 Å². The molecule has 7 heteroatoms. The Morgan fingerprint density at radius 3 is 2.54 bits per heavy atom. The number of thiophene rings is 2. The second-order valence-corrected chi connectivity index (χ2v) is 7.03. The number of carbonyl (C=O) groups excluding carboxylic acids is 2. The molecule has 0 aliphatic carbocycles. The van der Waals surface area contributed by atoms with Crippen LogP contribution >= 0.6 is 22.7 Å². The van der Waals surface area contributed by atoms with Crippen LogP contribution in [0.1, 0.15) is 25.6 Å². The van der Waals surface area contributed by atoms with Gasteiger partial charge in [-0.2, -0.15) is 0 Å². The number of aryl methyl sites for hydroxylation is 1. The lowest BCUT2D eigenvalue weighted by molar-refractivity contribution is 0.102. The van der Waals surface area contributed by atoms with Crippen molar-refractivity contribution in [3.8, 4) is 0 Å². The molecule has 0 unspecified atom stereocenters. The predicted molar refractivity (Wildman–Crippen MR) is 95.7 cm³/mol. The number of hydrogen-bond donors (Lipinski definition) is 2. The van der Waals surface area contributed by atoms with Crippen molar-refractivity contribution in [2.75, 3.05) is 10.6 Å². The van der Waals surface area contributed by atoms with E-state index in [1.54, 1.807) is 35.0 Å². The maximum Gasteiger partial charge on any atom is 0.258 e. The largest absolute Gasteiger partial charge is 0.319 e. The zero-order valence-corrected chi connectivity index (χ0v) is 14.3. The molecule has 122 valence electrons. The summed E-state index contributed by atoms with van der Waals surface area (Å²) >= 11 is 2.72. The summed E-state index contributed by atoms with van der Waals surface area (Å²) in [5.74, 6) is -1.26. The highest BCUT2D eigenvalue weighted by Gasteiger charge is 2.17. The highest BCUT2D eigenvalue weighted by atomic mass is 32.1. The van der Waals surface area contributed by atoms with Crippen LogP contribution in [0.5, 0.6) is 0 Å². The fourth-order valence-electron chi connectivity index (χ4n) is 2.07. The van der Waals surface area contributed by atoms with Crippen molar-refractivity contribution < 1.29 is 14.0 Å². The molecule has 2 N–H and O–H groups in total. The van der Waals surface area contributed by atoms with Crippen molar-refractivity contribution in [1.82, 2.24) is 0 Å². The first-order valence-electron chi connectivity index (χ1n) is 7.04.